The van der Waals surface area contributed by atoms with Gasteiger partial charge in [-0.2, -0.15) is 0 Å². The van der Waals surface area contributed by atoms with Gasteiger partial charge < -0.3 is 16.4 Å². The number of amides is 2. The number of pyridine rings is 1. The molecule has 1 aromatic heterocycles. The standard InChI is InChI=1S/C11H14N4O2/c12-9-5-7(3-4-13-9)11(17)15-8-1-2-10(16)14-6-8/h3-5,8H,1-2,6H2,(H2,12,13)(H,14,16)(H,15,17). The first-order valence-electron chi connectivity index (χ1n) is 5.44. The number of nitrogens with one attached hydrogen (secondary N) is 2. The van der Waals surface area contributed by atoms with Crippen LogP contribution in [0, 0.1) is 0 Å². The van der Waals surface area contributed by atoms with Crippen molar-refractivity contribution < 1.29 is 9.59 Å². The van der Waals surface area contributed by atoms with Crippen LogP contribution < -0.4 is 16.4 Å². The van der Waals surface area contributed by atoms with E-state index in [2.05, 4.69) is 15.6 Å². The van der Waals surface area contributed by atoms with Crippen LogP contribution in [0.5, 0.6) is 0 Å². The van der Waals surface area contributed by atoms with Gasteiger partial charge in [0.1, 0.15) is 5.82 Å². The number of hydrogen-bond donors (Lipinski definition) is 3. The Balaban J connectivity index is 1.95. The summed E-state index contributed by atoms with van der Waals surface area (Å²) >= 11 is 0. The van der Waals surface area contributed by atoms with Crippen molar-refractivity contribution in [2.75, 3.05) is 12.3 Å². The third-order valence-electron chi connectivity index (χ3n) is 2.64. The number of piperidine rings is 1. The molecule has 6 nitrogen and oxygen atoms in total. The molecular weight excluding hydrogens is 220 g/mol. The molecule has 1 aromatic rings. The Hall–Kier alpha value is -2.11. The maximum atomic E-state index is 11.8. The molecule has 1 saturated heterocycles. The summed E-state index contributed by atoms with van der Waals surface area (Å²) in [5.74, 6) is 0.151. The van der Waals surface area contributed by atoms with Gasteiger partial charge in [-0.3, -0.25) is 9.59 Å². The Bertz CT molecular complexity index is 437. The lowest BCUT2D eigenvalue weighted by Crippen LogP contribution is -2.47. The molecule has 1 aliphatic heterocycles. The third-order valence-corrected chi connectivity index (χ3v) is 2.64. The van der Waals surface area contributed by atoms with Crippen LogP contribution in [0.3, 0.4) is 0 Å². The second-order valence-electron chi connectivity index (χ2n) is 3.98. The first kappa shape index (κ1) is 11.4. The second kappa shape index (κ2) is 4.82. The fraction of sp³-hybridized carbons (Fsp3) is 0.364. The van der Waals surface area contributed by atoms with Crippen LogP contribution in [0.1, 0.15) is 23.2 Å². The maximum Gasteiger partial charge on any atom is 0.251 e. The van der Waals surface area contributed by atoms with Crippen LogP contribution in [0.2, 0.25) is 0 Å². The molecule has 0 bridgehead atoms. The van der Waals surface area contributed by atoms with Crippen LogP contribution in [0.4, 0.5) is 5.82 Å². The SMILES string of the molecule is Nc1cc(C(=O)NC2CCC(=O)NC2)ccn1. The molecule has 1 atom stereocenters. The lowest BCUT2D eigenvalue weighted by atomic mass is 10.1. The van der Waals surface area contributed by atoms with Gasteiger partial charge in [0.15, 0.2) is 0 Å². The van der Waals surface area contributed by atoms with Crippen molar-refractivity contribution in [1.29, 1.82) is 0 Å². The monoisotopic (exact) mass is 234 g/mol. The van der Waals surface area contributed by atoms with Gasteiger partial charge in [0.2, 0.25) is 5.91 Å². The van der Waals surface area contributed by atoms with E-state index in [9.17, 15) is 9.59 Å². The summed E-state index contributed by atoms with van der Waals surface area (Å²) in [6.45, 7) is 0.477. The van der Waals surface area contributed by atoms with Crippen molar-refractivity contribution in [2.45, 2.75) is 18.9 Å². The normalized spacial score (nSPS) is 19.5. The fourth-order valence-corrected chi connectivity index (χ4v) is 1.71. The third kappa shape index (κ3) is 2.93. The zero-order valence-corrected chi connectivity index (χ0v) is 9.27. The van der Waals surface area contributed by atoms with Gasteiger partial charge in [0.05, 0.1) is 0 Å². The van der Waals surface area contributed by atoms with Gasteiger partial charge >= 0.3 is 0 Å². The molecule has 2 heterocycles. The Kier molecular flexibility index (Phi) is 3.22. The Morgan fingerprint density at radius 2 is 2.41 bits per heavy atom. The van der Waals surface area contributed by atoms with Crippen LogP contribution in [-0.4, -0.2) is 29.4 Å². The highest BCUT2D eigenvalue weighted by Gasteiger charge is 2.20. The van der Waals surface area contributed by atoms with E-state index in [-0.39, 0.29) is 17.9 Å². The van der Waals surface area contributed by atoms with Crippen LogP contribution in [-0.2, 0) is 4.79 Å². The topological polar surface area (TPSA) is 97.1 Å². The quantitative estimate of drug-likeness (QED) is 0.652. The zero-order chi connectivity index (χ0) is 12.3. The predicted molar refractivity (Wildman–Crippen MR) is 62.1 cm³/mol. The molecule has 0 spiro atoms. The van der Waals surface area contributed by atoms with Crippen LogP contribution in [0.15, 0.2) is 18.3 Å². The average Bonchev–Trinajstić information content (AvgIpc) is 2.32. The molecule has 0 radical (unpaired) electrons. The molecule has 1 fully saturated rings. The van der Waals surface area contributed by atoms with Gasteiger partial charge in [0, 0.05) is 30.8 Å². The van der Waals surface area contributed by atoms with Crippen LogP contribution >= 0.6 is 0 Å². The summed E-state index contributed by atoms with van der Waals surface area (Å²) in [6.07, 6.45) is 2.61. The number of nitrogens with zero attached hydrogens (tertiary/aromatic N) is 1. The Labute approximate surface area is 98.6 Å². The summed E-state index contributed by atoms with van der Waals surface area (Å²) in [6, 6.07) is 3.11. The minimum absolute atomic E-state index is 0.0189. The van der Waals surface area contributed by atoms with E-state index in [4.69, 9.17) is 5.73 Å². The molecule has 0 saturated carbocycles. The Morgan fingerprint density at radius 3 is 3.06 bits per heavy atom. The smallest absolute Gasteiger partial charge is 0.251 e. The summed E-state index contributed by atoms with van der Waals surface area (Å²) in [5, 5.41) is 5.56. The molecular formula is C11H14N4O2. The van der Waals surface area contributed by atoms with Crippen LogP contribution in [0.25, 0.3) is 0 Å². The van der Waals surface area contributed by atoms with E-state index >= 15 is 0 Å². The van der Waals surface area contributed by atoms with Gasteiger partial charge in [-0.15, -0.1) is 0 Å². The molecule has 2 amide bonds. The lowest BCUT2D eigenvalue weighted by Gasteiger charge is -2.23. The van der Waals surface area contributed by atoms with E-state index in [1.807, 2.05) is 0 Å². The van der Waals surface area contributed by atoms with Gasteiger partial charge in [-0.05, 0) is 18.6 Å². The van der Waals surface area contributed by atoms with E-state index < -0.39 is 0 Å². The summed E-state index contributed by atoms with van der Waals surface area (Å²) in [4.78, 5) is 26.6. The molecule has 2 rings (SSSR count). The second-order valence-corrected chi connectivity index (χ2v) is 3.98. The van der Waals surface area contributed by atoms with Crippen molar-refractivity contribution >= 4 is 17.6 Å². The maximum absolute atomic E-state index is 11.8. The zero-order valence-electron chi connectivity index (χ0n) is 9.27. The number of hydrogen-bond acceptors (Lipinski definition) is 4. The number of carbonyl (C=O) groups excluding carboxylic acids is 2. The molecule has 0 aliphatic carbocycles. The first-order valence-corrected chi connectivity index (χ1v) is 5.44. The molecule has 0 aromatic carbocycles. The molecule has 90 valence electrons. The first-order chi connectivity index (χ1) is 8.15. The number of anilines is 1. The average molecular weight is 234 g/mol. The van der Waals surface area contributed by atoms with E-state index in [0.29, 0.717) is 30.8 Å². The largest absolute Gasteiger partial charge is 0.384 e. The molecule has 1 aliphatic rings. The van der Waals surface area contributed by atoms with Crippen molar-refractivity contribution in [3.63, 3.8) is 0 Å². The van der Waals surface area contributed by atoms with Crippen molar-refractivity contribution in [3.8, 4) is 0 Å². The Morgan fingerprint density at radius 1 is 1.59 bits per heavy atom. The molecule has 17 heavy (non-hydrogen) atoms. The molecule has 6 heteroatoms. The minimum atomic E-state index is -0.194. The molecule has 1 unspecified atom stereocenters. The minimum Gasteiger partial charge on any atom is -0.384 e. The van der Waals surface area contributed by atoms with Crippen molar-refractivity contribution in [3.05, 3.63) is 23.9 Å². The van der Waals surface area contributed by atoms with Gasteiger partial charge in [-0.1, -0.05) is 0 Å². The van der Waals surface area contributed by atoms with Gasteiger partial charge in [-0.25, -0.2) is 4.98 Å². The van der Waals surface area contributed by atoms with E-state index in [1.165, 1.54) is 12.3 Å². The van der Waals surface area contributed by atoms with Crippen molar-refractivity contribution in [1.82, 2.24) is 15.6 Å². The predicted octanol–water partition coefficient (Wildman–Crippen LogP) is -0.328. The highest BCUT2D eigenvalue weighted by atomic mass is 16.2. The summed E-state index contributed by atoms with van der Waals surface area (Å²) < 4.78 is 0. The number of rotatable bonds is 2. The van der Waals surface area contributed by atoms with E-state index in [0.717, 1.165) is 0 Å². The van der Waals surface area contributed by atoms with Gasteiger partial charge in [0.25, 0.3) is 5.91 Å². The van der Waals surface area contributed by atoms with Crippen molar-refractivity contribution in [2.24, 2.45) is 0 Å². The summed E-state index contributed by atoms with van der Waals surface area (Å²) in [7, 11) is 0. The molecule has 4 N–H and O–H groups in total. The number of aromatic nitrogens is 1. The lowest BCUT2D eigenvalue weighted by molar-refractivity contribution is -0.122. The summed E-state index contributed by atoms with van der Waals surface area (Å²) in [5.41, 5.74) is 5.98. The number of nitrogen functional groups attached to an aromatic ring is 1. The number of carbonyl (C=O) groups is 2. The number of nitrogens with two attached hydrogens (primary N) is 1. The highest BCUT2D eigenvalue weighted by molar-refractivity contribution is 5.95. The highest BCUT2D eigenvalue weighted by Crippen LogP contribution is 2.06. The van der Waals surface area contributed by atoms with E-state index in [1.54, 1.807) is 6.07 Å². The fourth-order valence-electron chi connectivity index (χ4n) is 1.71.